The van der Waals surface area contributed by atoms with E-state index in [4.69, 9.17) is 13.7 Å². The monoisotopic (exact) mass is 412 g/mol. The van der Waals surface area contributed by atoms with Gasteiger partial charge < -0.3 is 13.7 Å². The molecule has 0 amide bonds. The van der Waals surface area contributed by atoms with Crippen LogP contribution in [-0.4, -0.2) is 21.0 Å². The van der Waals surface area contributed by atoms with Gasteiger partial charge in [-0.05, 0) is 42.3 Å². The summed E-state index contributed by atoms with van der Waals surface area (Å²) in [6, 6.07) is 21.8. The molecule has 6 nitrogen and oxygen atoms in total. The number of hydrogen-bond donors (Lipinski definition) is 0. The van der Waals surface area contributed by atoms with E-state index in [1.54, 1.807) is 37.3 Å². The highest BCUT2D eigenvalue weighted by Crippen LogP contribution is 2.25. The highest BCUT2D eigenvalue weighted by atomic mass is 32.2. The lowest BCUT2D eigenvalue weighted by atomic mass is 10.2. The molecular formula is C22H20O6S. The molecule has 0 spiro atoms. The van der Waals surface area contributed by atoms with Crippen LogP contribution in [0.3, 0.4) is 0 Å². The second-order valence-electron chi connectivity index (χ2n) is 6.27. The summed E-state index contributed by atoms with van der Waals surface area (Å²) in [5.41, 5.74) is 1.59. The van der Waals surface area contributed by atoms with Crippen LogP contribution in [0, 0.1) is 6.92 Å². The largest absolute Gasteiger partial charge is 0.482 e. The summed E-state index contributed by atoms with van der Waals surface area (Å²) >= 11 is 0. The van der Waals surface area contributed by atoms with Crippen molar-refractivity contribution in [2.75, 3.05) is 6.61 Å². The Morgan fingerprint density at radius 2 is 1.48 bits per heavy atom. The molecule has 0 unspecified atom stereocenters. The lowest BCUT2D eigenvalue weighted by Gasteiger charge is -2.11. The van der Waals surface area contributed by atoms with Crippen molar-refractivity contribution in [2.45, 2.75) is 18.4 Å². The van der Waals surface area contributed by atoms with Crippen molar-refractivity contribution >= 4 is 16.1 Å². The molecule has 0 aromatic heterocycles. The van der Waals surface area contributed by atoms with E-state index >= 15 is 0 Å². The van der Waals surface area contributed by atoms with Crippen molar-refractivity contribution in [3.8, 4) is 11.5 Å². The van der Waals surface area contributed by atoms with E-state index < -0.39 is 16.1 Å². The summed E-state index contributed by atoms with van der Waals surface area (Å²) in [5, 5.41) is 0. The standard InChI is InChI=1S/C22H20O6S/c1-17-12-19(26-16-22(23)27-15-18-8-4-2-5-9-18)14-20(13-17)28-29(24,25)21-10-6-3-7-11-21/h2-14H,15-16H2,1H3. The average molecular weight is 412 g/mol. The van der Waals surface area contributed by atoms with Gasteiger partial charge >= 0.3 is 16.1 Å². The Bertz CT molecular complexity index is 1060. The molecule has 150 valence electrons. The Morgan fingerprint density at radius 1 is 0.862 bits per heavy atom. The van der Waals surface area contributed by atoms with E-state index in [2.05, 4.69) is 0 Å². The van der Waals surface area contributed by atoms with Gasteiger partial charge in [0.2, 0.25) is 0 Å². The Balaban J connectivity index is 1.61. The lowest BCUT2D eigenvalue weighted by molar-refractivity contribution is -0.147. The zero-order valence-corrected chi connectivity index (χ0v) is 16.6. The number of aryl methyl sites for hydroxylation is 1. The molecule has 0 N–H and O–H groups in total. The minimum Gasteiger partial charge on any atom is -0.482 e. The van der Waals surface area contributed by atoms with Gasteiger partial charge in [0.05, 0.1) is 0 Å². The SMILES string of the molecule is Cc1cc(OCC(=O)OCc2ccccc2)cc(OS(=O)(=O)c2ccccc2)c1. The summed E-state index contributed by atoms with van der Waals surface area (Å²) in [6.45, 7) is 1.62. The molecule has 0 saturated heterocycles. The van der Waals surface area contributed by atoms with Crippen molar-refractivity contribution < 1.29 is 26.9 Å². The minimum atomic E-state index is -3.96. The van der Waals surface area contributed by atoms with Crippen LogP contribution in [0.4, 0.5) is 0 Å². The van der Waals surface area contributed by atoms with Crippen LogP contribution in [-0.2, 0) is 26.3 Å². The minimum absolute atomic E-state index is 0.0495. The molecule has 0 fully saturated rings. The van der Waals surface area contributed by atoms with Crippen molar-refractivity contribution in [1.82, 2.24) is 0 Å². The summed E-state index contributed by atoms with van der Waals surface area (Å²) in [5.74, 6) is -0.129. The van der Waals surface area contributed by atoms with Crippen LogP contribution >= 0.6 is 0 Å². The zero-order valence-electron chi connectivity index (χ0n) is 15.8. The highest BCUT2D eigenvalue weighted by Gasteiger charge is 2.17. The van der Waals surface area contributed by atoms with E-state index in [1.807, 2.05) is 30.3 Å². The number of rotatable bonds is 8. The molecule has 0 aliphatic carbocycles. The smallest absolute Gasteiger partial charge is 0.344 e. The molecule has 7 heteroatoms. The van der Waals surface area contributed by atoms with E-state index in [-0.39, 0.29) is 23.9 Å². The molecule has 3 aromatic carbocycles. The number of hydrogen-bond acceptors (Lipinski definition) is 6. The van der Waals surface area contributed by atoms with E-state index in [1.165, 1.54) is 18.2 Å². The third kappa shape index (κ3) is 6.08. The summed E-state index contributed by atoms with van der Waals surface area (Å²) in [6.07, 6.45) is 0. The summed E-state index contributed by atoms with van der Waals surface area (Å²) < 4.78 is 40.5. The first-order chi connectivity index (χ1) is 13.9. The van der Waals surface area contributed by atoms with Crippen LogP contribution < -0.4 is 8.92 Å². The number of carbonyl (C=O) groups excluding carboxylic acids is 1. The zero-order chi connectivity index (χ0) is 20.7. The van der Waals surface area contributed by atoms with Crippen LogP contribution in [0.15, 0.2) is 83.8 Å². The third-order valence-corrected chi connectivity index (χ3v) is 5.12. The molecule has 29 heavy (non-hydrogen) atoms. The Kier molecular flexibility index (Phi) is 6.51. The van der Waals surface area contributed by atoms with Gasteiger partial charge in [0.1, 0.15) is 23.0 Å². The lowest BCUT2D eigenvalue weighted by Crippen LogP contribution is -2.15. The topological polar surface area (TPSA) is 78.9 Å². The predicted octanol–water partition coefficient (Wildman–Crippen LogP) is 3.88. The fourth-order valence-electron chi connectivity index (χ4n) is 2.53. The Labute approximate surface area is 169 Å². The van der Waals surface area contributed by atoms with Gasteiger partial charge in [-0.3, -0.25) is 0 Å². The molecule has 0 saturated carbocycles. The second-order valence-corrected chi connectivity index (χ2v) is 7.81. The highest BCUT2D eigenvalue weighted by molar-refractivity contribution is 7.87. The van der Waals surface area contributed by atoms with E-state index in [0.29, 0.717) is 5.75 Å². The summed E-state index contributed by atoms with van der Waals surface area (Å²) in [4.78, 5) is 11.9. The van der Waals surface area contributed by atoms with Crippen LogP contribution in [0.2, 0.25) is 0 Å². The van der Waals surface area contributed by atoms with Crippen molar-refractivity contribution in [1.29, 1.82) is 0 Å². The maximum absolute atomic E-state index is 12.4. The maximum Gasteiger partial charge on any atom is 0.344 e. The quantitative estimate of drug-likeness (QED) is 0.413. The molecular weight excluding hydrogens is 392 g/mol. The van der Waals surface area contributed by atoms with Gasteiger partial charge in [-0.25, -0.2) is 4.79 Å². The molecule has 0 atom stereocenters. The molecule has 0 radical (unpaired) electrons. The molecule has 0 aliphatic heterocycles. The molecule has 0 bridgehead atoms. The number of benzene rings is 3. The third-order valence-electron chi connectivity index (χ3n) is 3.86. The van der Waals surface area contributed by atoms with Crippen LogP contribution in [0.5, 0.6) is 11.5 Å². The van der Waals surface area contributed by atoms with Gasteiger partial charge in [0.15, 0.2) is 6.61 Å². The molecule has 3 aromatic rings. The average Bonchev–Trinajstić information content (AvgIpc) is 2.71. The Morgan fingerprint density at radius 3 is 2.17 bits per heavy atom. The predicted molar refractivity (Wildman–Crippen MR) is 107 cm³/mol. The maximum atomic E-state index is 12.4. The molecule has 0 heterocycles. The fourth-order valence-corrected chi connectivity index (χ4v) is 3.47. The van der Waals surface area contributed by atoms with Gasteiger partial charge in [0.25, 0.3) is 0 Å². The van der Waals surface area contributed by atoms with E-state index in [9.17, 15) is 13.2 Å². The normalized spacial score (nSPS) is 10.9. The number of ether oxygens (including phenoxy) is 2. The van der Waals surface area contributed by atoms with Crippen molar-refractivity contribution in [2.24, 2.45) is 0 Å². The first-order valence-electron chi connectivity index (χ1n) is 8.86. The number of carbonyl (C=O) groups is 1. The van der Waals surface area contributed by atoms with Crippen molar-refractivity contribution in [3.05, 3.63) is 90.0 Å². The summed E-state index contributed by atoms with van der Waals surface area (Å²) in [7, 11) is -3.96. The molecule has 0 aliphatic rings. The van der Waals surface area contributed by atoms with Crippen molar-refractivity contribution in [3.63, 3.8) is 0 Å². The first-order valence-corrected chi connectivity index (χ1v) is 10.3. The van der Waals surface area contributed by atoms with Gasteiger partial charge in [0, 0.05) is 6.07 Å². The first kappa shape index (κ1) is 20.4. The molecule has 3 rings (SSSR count). The van der Waals surface area contributed by atoms with E-state index in [0.717, 1.165) is 11.1 Å². The van der Waals surface area contributed by atoms with Crippen LogP contribution in [0.25, 0.3) is 0 Å². The van der Waals surface area contributed by atoms with Gasteiger partial charge in [-0.1, -0.05) is 48.5 Å². The van der Waals surface area contributed by atoms with Gasteiger partial charge in [-0.2, -0.15) is 8.42 Å². The number of esters is 1. The Hall–Kier alpha value is -3.32. The second kappa shape index (κ2) is 9.25. The fraction of sp³-hybridized carbons (Fsp3) is 0.136. The van der Waals surface area contributed by atoms with Gasteiger partial charge in [-0.15, -0.1) is 0 Å². The van der Waals surface area contributed by atoms with Crippen LogP contribution in [0.1, 0.15) is 11.1 Å².